The molecule has 0 bridgehead atoms. The van der Waals surface area contributed by atoms with Crippen LogP contribution >= 0.6 is 0 Å². The molecule has 0 unspecified atom stereocenters. The van der Waals surface area contributed by atoms with E-state index in [-0.39, 0.29) is 36.5 Å². The summed E-state index contributed by atoms with van der Waals surface area (Å²) in [7, 11) is 1.83. The highest BCUT2D eigenvalue weighted by atomic mass is 16.5. The third-order valence-corrected chi connectivity index (χ3v) is 14.3. The minimum absolute atomic E-state index is 0.112. The second-order valence-corrected chi connectivity index (χ2v) is 15.8. The molecule has 9 heteroatoms. The van der Waals surface area contributed by atoms with Gasteiger partial charge in [-0.05, 0) is 93.2 Å². The maximum Gasteiger partial charge on any atom is 0.331 e. The number of ether oxygens (including phenoxy) is 1. The van der Waals surface area contributed by atoms with Gasteiger partial charge >= 0.3 is 5.97 Å². The van der Waals surface area contributed by atoms with Crippen LogP contribution in [0.25, 0.3) is 0 Å². The lowest BCUT2D eigenvalue weighted by molar-refractivity contribution is -0.373. The van der Waals surface area contributed by atoms with E-state index in [1.54, 1.807) is 6.08 Å². The molecule has 6 aliphatic carbocycles. The summed E-state index contributed by atoms with van der Waals surface area (Å²) in [6.07, 6.45) is 4.70. The molecule has 5 saturated carbocycles. The molecule has 1 aliphatic heterocycles. The first kappa shape index (κ1) is 30.1. The summed E-state index contributed by atoms with van der Waals surface area (Å²) in [6.45, 7) is 6.68. The Hall–Kier alpha value is -1.62. The highest BCUT2D eigenvalue weighted by Crippen LogP contribution is 2.75. The number of esters is 1. The van der Waals surface area contributed by atoms with Crippen molar-refractivity contribution in [2.24, 2.45) is 52.3 Å². The van der Waals surface area contributed by atoms with Crippen LogP contribution in [-0.4, -0.2) is 86.5 Å². The van der Waals surface area contributed by atoms with Gasteiger partial charge in [-0.15, -0.1) is 0 Å². The number of hydrogen-bond donors (Lipinski definition) is 6. The van der Waals surface area contributed by atoms with Crippen LogP contribution in [-0.2, 0) is 14.3 Å². The average molecular weight is 600 g/mol. The molecule has 0 amide bonds. The molecule has 9 nitrogen and oxygen atoms in total. The lowest BCUT2D eigenvalue weighted by Crippen LogP contribution is -2.85. The number of aldehydes is 1. The molecule has 0 radical (unpaired) electrons. The second-order valence-electron chi connectivity index (χ2n) is 15.8. The molecular formula is C34H49NO8. The number of aliphatic hydroxyl groups excluding tert-OH is 2. The third kappa shape index (κ3) is 3.34. The summed E-state index contributed by atoms with van der Waals surface area (Å²) in [5.41, 5.74) is -6.25. The number of carbonyl (C=O) groups excluding carboxylic acids is 2. The van der Waals surface area contributed by atoms with Gasteiger partial charge < -0.3 is 40.4 Å². The Balaban J connectivity index is 1.41. The topological polar surface area (TPSA) is 157 Å². The fourth-order valence-corrected chi connectivity index (χ4v) is 12.4. The summed E-state index contributed by atoms with van der Waals surface area (Å²) in [5.74, 6) is -2.98. The summed E-state index contributed by atoms with van der Waals surface area (Å²) in [4.78, 5) is 26.1. The molecule has 238 valence electrons. The van der Waals surface area contributed by atoms with Crippen molar-refractivity contribution in [1.29, 1.82) is 0 Å². The van der Waals surface area contributed by atoms with Gasteiger partial charge in [0.05, 0.1) is 23.2 Å². The molecule has 5 fully saturated rings. The van der Waals surface area contributed by atoms with E-state index in [4.69, 9.17) is 4.74 Å². The molecule has 7 aliphatic rings. The smallest absolute Gasteiger partial charge is 0.331 e. The third-order valence-electron chi connectivity index (χ3n) is 14.3. The Labute approximate surface area is 253 Å². The Morgan fingerprint density at radius 3 is 2.49 bits per heavy atom. The molecule has 0 spiro atoms. The quantitative estimate of drug-likeness (QED) is 0.161. The molecule has 6 N–H and O–H groups in total. The molecule has 0 aromatic rings. The van der Waals surface area contributed by atoms with Crippen LogP contribution in [0.15, 0.2) is 23.3 Å². The van der Waals surface area contributed by atoms with Gasteiger partial charge in [0.15, 0.2) is 0 Å². The van der Waals surface area contributed by atoms with Crippen LogP contribution in [0.1, 0.15) is 72.1 Å². The van der Waals surface area contributed by atoms with E-state index in [0.29, 0.717) is 38.6 Å². The van der Waals surface area contributed by atoms with Crippen LogP contribution < -0.4 is 5.32 Å². The van der Waals surface area contributed by atoms with Crippen molar-refractivity contribution in [2.75, 3.05) is 13.6 Å². The Morgan fingerprint density at radius 2 is 1.81 bits per heavy atom. The molecule has 0 aromatic heterocycles. The lowest BCUT2D eigenvalue weighted by atomic mass is 9.35. The van der Waals surface area contributed by atoms with Gasteiger partial charge in [0.25, 0.3) is 0 Å². The zero-order chi connectivity index (χ0) is 30.9. The highest BCUT2D eigenvalue weighted by Gasteiger charge is 2.84. The number of nitrogens with one attached hydrogen (secondary N) is 1. The number of allylic oxidation sites excluding steroid dienone is 1. The van der Waals surface area contributed by atoms with E-state index in [1.165, 1.54) is 0 Å². The van der Waals surface area contributed by atoms with Gasteiger partial charge in [-0.2, -0.15) is 0 Å². The van der Waals surface area contributed by atoms with E-state index in [2.05, 4.69) is 25.2 Å². The van der Waals surface area contributed by atoms with Gasteiger partial charge in [0, 0.05) is 35.8 Å². The minimum atomic E-state index is -2.09. The van der Waals surface area contributed by atoms with Gasteiger partial charge in [-0.1, -0.05) is 26.8 Å². The van der Waals surface area contributed by atoms with E-state index >= 15 is 0 Å². The standard InChI is InChI=1S/C34H49NO8/c1-17(2)18-5-6-22-24(37)7-10-31(16-36)25-8-9-30(3)27-19(11-20(15-35-4)28-21(27)13-26(38)43-28)14-32(30,40)34(25,42)29(39)23(12-18)33(22,31)41/h11,13,16-19,22-25,27-29,35,37,39-42H,5-10,12,14-15H2,1-4H3/t18-,19+,22-,23+,24-,25+,27+,28-,29-,30+,31-,32+,33+,34+/m0/s1. The summed E-state index contributed by atoms with van der Waals surface area (Å²) < 4.78 is 5.74. The van der Waals surface area contributed by atoms with E-state index in [1.807, 2.05) is 14.0 Å². The summed E-state index contributed by atoms with van der Waals surface area (Å²) in [6, 6.07) is 0. The number of likely N-dealkylation sites (N-methyl/N-ethyl adjacent to an activating group) is 1. The SMILES string of the molecule is CNCC1=C[C@@H]2C[C@]3(O)[C@]4(O)[C@@H](O)[C@H]5C[C@@H](C(C)C)CC[C@H]6[C@@H](O)CC[C@](C=O)([C@H]4CC[C@]3(C)[C@H]2C2=CC(=O)O[C@@H]12)[C@]56O. The van der Waals surface area contributed by atoms with Crippen molar-refractivity contribution in [3.8, 4) is 0 Å². The van der Waals surface area contributed by atoms with Gasteiger partial charge in [-0.3, -0.25) is 0 Å². The van der Waals surface area contributed by atoms with Crippen LogP contribution in [0, 0.1) is 52.3 Å². The molecule has 0 saturated heterocycles. The first-order chi connectivity index (χ1) is 20.2. The largest absolute Gasteiger partial charge is 0.450 e. The number of carbonyl (C=O) groups is 2. The number of hydrogen-bond acceptors (Lipinski definition) is 9. The minimum Gasteiger partial charge on any atom is -0.450 e. The molecule has 43 heavy (non-hydrogen) atoms. The first-order valence-electron chi connectivity index (χ1n) is 16.5. The maximum atomic E-state index is 13.5. The molecule has 14 atom stereocenters. The van der Waals surface area contributed by atoms with Crippen molar-refractivity contribution in [3.05, 3.63) is 23.3 Å². The fourth-order valence-electron chi connectivity index (χ4n) is 12.4. The Morgan fingerprint density at radius 1 is 1.07 bits per heavy atom. The van der Waals surface area contributed by atoms with Crippen LogP contribution in [0.2, 0.25) is 0 Å². The molecule has 0 aromatic carbocycles. The van der Waals surface area contributed by atoms with Crippen molar-refractivity contribution in [1.82, 2.24) is 5.32 Å². The lowest BCUT2D eigenvalue weighted by Gasteiger charge is -2.72. The summed E-state index contributed by atoms with van der Waals surface area (Å²) >= 11 is 0. The predicted octanol–water partition coefficient (Wildman–Crippen LogP) is 1.65. The Kier molecular flexibility index (Phi) is 6.61. The number of rotatable bonds is 4. The van der Waals surface area contributed by atoms with Gasteiger partial charge in [0.1, 0.15) is 23.6 Å². The highest BCUT2D eigenvalue weighted by molar-refractivity contribution is 5.87. The zero-order valence-electron chi connectivity index (χ0n) is 25.8. The van der Waals surface area contributed by atoms with Crippen molar-refractivity contribution in [2.45, 2.75) is 107 Å². The number of fused-ring (bicyclic) bond motifs is 8. The van der Waals surface area contributed by atoms with E-state index in [9.17, 15) is 35.1 Å². The van der Waals surface area contributed by atoms with Crippen LogP contribution in [0.5, 0.6) is 0 Å². The monoisotopic (exact) mass is 599 g/mol. The van der Waals surface area contributed by atoms with Crippen molar-refractivity contribution in [3.63, 3.8) is 0 Å². The summed E-state index contributed by atoms with van der Waals surface area (Å²) in [5, 5.41) is 66.2. The van der Waals surface area contributed by atoms with Gasteiger partial charge in [-0.25, -0.2) is 4.79 Å². The Bertz CT molecular complexity index is 1280. The first-order valence-corrected chi connectivity index (χ1v) is 16.5. The molecule has 7 rings (SSSR count). The van der Waals surface area contributed by atoms with Gasteiger partial charge in [0.2, 0.25) is 0 Å². The normalized spacial score (nSPS) is 55.1. The maximum absolute atomic E-state index is 13.5. The van der Waals surface area contributed by atoms with E-state index in [0.717, 1.165) is 23.9 Å². The number of aliphatic hydroxyl groups is 5. The van der Waals surface area contributed by atoms with Crippen LogP contribution in [0.3, 0.4) is 0 Å². The molecule has 1 heterocycles. The van der Waals surface area contributed by atoms with E-state index < -0.39 is 69.7 Å². The predicted molar refractivity (Wildman–Crippen MR) is 156 cm³/mol. The fraction of sp³-hybridized carbons (Fsp3) is 0.824. The van der Waals surface area contributed by atoms with Crippen LogP contribution in [0.4, 0.5) is 0 Å². The van der Waals surface area contributed by atoms with Crippen molar-refractivity contribution < 1.29 is 39.9 Å². The average Bonchev–Trinajstić information content (AvgIpc) is 3.38. The van der Waals surface area contributed by atoms with Crippen molar-refractivity contribution >= 4 is 12.3 Å². The second kappa shape index (κ2) is 9.46. The molecular weight excluding hydrogens is 550 g/mol. The zero-order valence-corrected chi connectivity index (χ0v) is 25.8.